The number of nitriles is 1. The van der Waals surface area contributed by atoms with Gasteiger partial charge in [-0.15, -0.1) is 40.6 Å². The molecule has 0 aliphatic rings. The zero-order chi connectivity index (χ0) is 48.7. The largest absolute Gasteiger partial charge is 0.425 e. The van der Waals surface area contributed by atoms with Crippen LogP contribution in [0.5, 0.6) is 0 Å². The molecule has 0 bridgehead atoms. The highest BCUT2D eigenvalue weighted by Gasteiger charge is 2.19. The SMILES string of the molecule is Cc1c(C#N)c(Cc2ccc(S(=O)(=O)O)cc2)nc(Nc2ccc(S(=O)(=O)O)cc2)c1N=Nc1ccc(N=Nc2ccc(N=Nc3ccccc3)c3ccccc23)cc1.O=S(=O)=O.O=S(=O)=O. The van der Waals surface area contributed by atoms with Gasteiger partial charge in [-0.2, -0.15) is 37.4 Å². The molecule has 67 heavy (non-hydrogen) atoms. The number of azo groups is 3. The van der Waals surface area contributed by atoms with Gasteiger partial charge in [0.05, 0.1) is 49.5 Å². The van der Waals surface area contributed by atoms with Crippen molar-refractivity contribution in [2.75, 3.05) is 5.32 Å². The van der Waals surface area contributed by atoms with Gasteiger partial charge in [0.2, 0.25) is 0 Å². The third-order valence-electron chi connectivity index (χ3n) is 8.91. The molecule has 1 aromatic heterocycles. The smallest absolute Gasteiger partial charge is 0.338 e. The van der Waals surface area contributed by atoms with Crippen LogP contribution in [0, 0.1) is 18.3 Å². The number of anilines is 2. The van der Waals surface area contributed by atoms with Crippen LogP contribution in [0.25, 0.3) is 10.8 Å². The van der Waals surface area contributed by atoms with Crippen LogP contribution < -0.4 is 5.32 Å². The fraction of sp³-hybridized carbons (Fsp3) is 0.0476. The molecule has 0 spiro atoms. The third-order valence-corrected chi connectivity index (χ3v) is 10.6. The van der Waals surface area contributed by atoms with E-state index in [4.69, 9.17) is 30.2 Å². The molecule has 6 aromatic carbocycles. The molecule has 0 fully saturated rings. The second-order valence-corrected chi connectivity index (χ2v) is 17.0. The van der Waals surface area contributed by atoms with E-state index in [1.54, 1.807) is 31.2 Å². The first-order valence-electron chi connectivity index (χ1n) is 18.6. The van der Waals surface area contributed by atoms with Crippen LogP contribution in [-0.2, 0) is 47.9 Å². The number of aromatic nitrogens is 1. The highest BCUT2D eigenvalue weighted by molar-refractivity contribution is 7.86. The standard InChI is InChI=1S/C42H31N9O6S2.2O3S/c1-27-37(26-43)40(25-28-11-19-33(20-12-28)58(52,53)54)45-42(44-29-17-21-34(22-18-29)59(55,56)57)41(27)51-48-32-15-13-31(14-16-32)47-50-39-24-23-38(35-9-5-6-10-36(35)39)49-46-30-7-3-2-4-8-30;2*1-4(2)3/h2-24H,25H2,1H3,(H,44,45)(H,52,53,54)(H,55,56,57);;. The summed E-state index contributed by atoms with van der Waals surface area (Å²) in [6, 6.07) is 40.6. The minimum Gasteiger partial charge on any atom is -0.338 e. The molecule has 0 radical (unpaired) electrons. The first kappa shape index (κ1) is 49.9. The van der Waals surface area contributed by atoms with Crippen molar-refractivity contribution in [3.63, 3.8) is 0 Å². The monoisotopic (exact) mass is 981 g/mol. The van der Waals surface area contributed by atoms with E-state index >= 15 is 0 Å². The molecule has 3 N–H and O–H groups in total. The second-order valence-electron chi connectivity index (χ2n) is 13.3. The van der Waals surface area contributed by atoms with E-state index < -0.39 is 41.5 Å². The summed E-state index contributed by atoms with van der Waals surface area (Å²) < 4.78 is 116. The van der Waals surface area contributed by atoms with E-state index in [0.29, 0.717) is 45.3 Å². The van der Waals surface area contributed by atoms with E-state index in [1.807, 2.05) is 66.7 Å². The second kappa shape index (κ2) is 22.7. The van der Waals surface area contributed by atoms with Gasteiger partial charge in [-0.1, -0.05) is 54.6 Å². The van der Waals surface area contributed by atoms with E-state index in [1.165, 1.54) is 48.5 Å². The van der Waals surface area contributed by atoms with E-state index in [2.05, 4.69) is 42.1 Å². The Balaban J connectivity index is 0.000000973. The molecule has 0 saturated heterocycles. The average Bonchev–Trinajstić information content (AvgIpc) is 3.28. The van der Waals surface area contributed by atoms with Gasteiger partial charge >= 0.3 is 21.2 Å². The van der Waals surface area contributed by atoms with Gasteiger partial charge in [0.15, 0.2) is 5.82 Å². The van der Waals surface area contributed by atoms with Gasteiger partial charge in [-0.3, -0.25) is 9.11 Å². The fourth-order valence-electron chi connectivity index (χ4n) is 5.91. The van der Waals surface area contributed by atoms with Crippen molar-refractivity contribution in [2.45, 2.75) is 23.1 Å². The molecule has 0 unspecified atom stereocenters. The number of nitrogens with one attached hydrogen (secondary N) is 1. The lowest BCUT2D eigenvalue weighted by atomic mass is 10.0. The molecule has 7 aromatic rings. The zero-order valence-electron chi connectivity index (χ0n) is 34.2. The first-order valence-corrected chi connectivity index (χ1v) is 23.5. The van der Waals surface area contributed by atoms with Gasteiger partial charge in [0.1, 0.15) is 11.8 Å². The molecule has 0 saturated carbocycles. The van der Waals surface area contributed by atoms with Crippen molar-refractivity contribution in [1.82, 2.24) is 4.98 Å². The maximum absolute atomic E-state index is 11.6. The van der Waals surface area contributed by atoms with Crippen molar-refractivity contribution in [1.29, 1.82) is 5.26 Å². The lowest BCUT2D eigenvalue weighted by molar-refractivity contribution is 0.481. The average molecular weight is 982 g/mol. The molecule has 0 atom stereocenters. The third kappa shape index (κ3) is 14.7. The lowest BCUT2D eigenvalue weighted by Crippen LogP contribution is -2.05. The Hall–Kier alpha value is -8.12. The Morgan fingerprint density at radius 2 is 0.985 bits per heavy atom. The van der Waals surface area contributed by atoms with E-state index in [0.717, 1.165) is 16.5 Å². The summed E-state index contributed by atoms with van der Waals surface area (Å²) >= 11 is 0. The number of hydrogen-bond donors (Lipinski definition) is 3. The molecule has 0 amide bonds. The molecule has 1 heterocycles. The Kier molecular flexibility index (Phi) is 16.9. The quantitative estimate of drug-likeness (QED) is 0.0758. The number of nitrogens with zero attached hydrogens (tertiary/aromatic N) is 8. The summed E-state index contributed by atoms with van der Waals surface area (Å²) in [5, 5.41) is 41.7. The highest BCUT2D eigenvalue weighted by Crippen LogP contribution is 2.37. The van der Waals surface area contributed by atoms with Crippen LogP contribution in [0.1, 0.15) is 22.4 Å². The summed E-state index contributed by atoms with van der Waals surface area (Å²) in [7, 11) is -15.1. The topological polar surface area (TPSA) is 334 Å². The van der Waals surface area contributed by atoms with E-state index in [9.17, 15) is 31.2 Å². The summed E-state index contributed by atoms with van der Waals surface area (Å²) in [6.45, 7) is 1.68. The van der Waals surface area contributed by atoms with Gasteiger partial charge < -0.3 is 5.32 Å². The lowest BCUT2D eigenvalue weighted by Gasteiger charge is -2.15. The molecular formula is C42H31N9O12S4. The Morgan fingerprint density at radius 1 is 0.567 bits per heavy atom. The normalized spacial score (nSPS) is 11.4. The summed E-state index contributed by atoms with van der Waals surface area (Å²) in [6.07, 6.45) is 0.110. The van der Waals surface area contributed by atoms with Gasteiger partial charge in [-0.25, -0.2) is 4.98 Å². The summed E-state index contributed by atoms with van der Waals surface area (Å²) in [5.41, 5.74) is 5.26. The molecule has 7 rings (SSSR count). The Labute approximate surface area is 384 Å². The first-order chi connectivity index (χ1) is 31.8. The van der Waals surface area contributed by atoms with Crippen LogP contribution in [0.2, 0.25) is 0 Å². The summed E-state index contributed by atoms with van der Waals surface area (Å²) in [5.74, 6) is 0.180. The van der Waals surface area contributed by atoms with Crippen molar-refractivity contribution >= 4 is 97.9 Å². The Bertz CT molecular complexity index is 3500. The van der Waals surface area contributed by atoms with Crippen molar-refractivity contribution < 1.29 is 51.2 Å². The molecule has 21 nitrogen and oxygen atoms in total. The molecule has 0 aliphatic carbocycles. The van der Waals surface area contributed by atoms with Gasteiger partial charge in [0, 0.05) is 28.4 Å². The zero-order valence-corrected chi connectivity index (χ0v) is 37.4. The fourth-order valence-corrected chi connectivity index (χ4v) is 6.87. The Morgan fingerprint density at radius 3 is 1.43 bits per heavy atom. The minimum absolute atomic E-state index is 0.110. The number of hydrogen-bond acceptors (Lipinski definition) is 19. The van der Waals surface area contributed by atoms with Crippen molar-refractivity contribution in [3.05, 3.63) is 162 Å². The number of fused-ring (bicyclic) bond motifs is 1. The van der Waals surface area contributed by atoms with Crippen LogP contribution in [0.3, 0.4) is 0 Å². The molecule has 340 valence electrons. The predicted molar refractivity (Wildman–Crippen MR) is 241 cm³/mol. The van der Waals surface area contributed by atoms with E-state index in [-0.39, 0.29) is 33.3 Å². The molecular weight excluding hydrogens is 951 g/mol. The van der Waals surface area contributed by atoms with Crippen molar-refractivity contribution in [2.24, 2.45) is 30.7 Å². The van der Waals surface area contributed by atoms with Crippen LogP contribution in [-0.4, -0.2) is 56.2 Å². The number of pyridine rings is 1. The number of benzene rings is 6. The number of rotatable bonds is 12. The maximum atomic E-state index is 11.6. The van der Waals surface area contributed by atoms with Crippen LogP contribution >= 0.6 is 0 Å². The van der Waals surface area contributed by atoms with Crippen molar-refractivity contribution in [3.8, 4) is 6.07 Å². The minimum atomic E-state index is -4.44. The van der Waals surface area contributed by atoms with Gasteiger partial charge in [0.25, 0.3) is 20.2 Å². The van der Waals surface area contributed by atoms with Crippen LogP contribution in [0.4, 0.5) is 45.6 Å². The predicted octanol–water partition coefficient (Wildman–Crippen LogP) is 9.48. The molecule has 25 heteroatoms. The summed E-state index contributed by atoms with van der Waals surface area (Å²) in [4.78, 5) is 4.12. The maximum Gasteiger partial charge on any atom is 0.425 e. The highest BCUT2D eigenvalue weighted by atomic mass is 32.2. The van der Waals surface area contributed by atoms with Crippen LogP contribution in [0.15, 0.2) is 180 Å². The van der Waals surface area contributed by atoms with Gasteiger partial charge in [-0.05, 0) is 97.4 Å². The molecule has 0 aliphatic heterocycles.